The minimum Gasteiger partial charge on any atom is -0.497 e. The highest BCUT2D eigenvalue weighted by atomic mass is 16.8. The number of carbonyl (C=O) groups excluding carboxylic acids is 1. The fraction of sp³-hybridized carbons (Fsp3) is 0.588. The molecular weight excluding hydrogens is 284 g/mol. The number of rotatable bonds is 8. The zero-order valence-electron chi connectivity index (χ0n) is 13.4. The Balaban J connectivity index is 1.91. The van der Waals surface area contributed by atoms with E-state index in [1.54, 1.807) is 7.11 Å². The minimum atomic E-state index is -0.623. The Morgan fingerprint density at radius 2 is 2.00 bits per heavy atom. The van der Waals surface area contributed by atoms with E-state index >= 15 is 0 Å². The molecule has 0 aromatic heterocycles. The third kappa shape index (κ3) is 3.85. The lowest BCUT2D eigenvalue weighted by atomic mass is 10.1. The molecule has 22 heavy (non-hydrogen) atoms. The quantitative estimate of drug-likeness (QED) is 0.691. The first-order valence-electron chi connectivity index (χ1n) is 7.68. The smallest absolute Gasteiger partial charge is 0.168 e. The highest BCUT2D eigenvalue weighted by Crippen LogP contribution is 2.31. The summed E-state index contributed by atoms with van der Waals surface area (Å²) in [6.07, 6.45) is 1.32. The van der Waals surface area contributed by atoms with E-state index in [4.69, 9.17) is 18.9 Å². The molecule has 0 saturated carbocycles. The SMILES string of the molecule is CCC1(CC)OC[C@H]([C@@H](C=O)OCc2ccc(OC)cc2)O1. The lowest BCUT2D eigenvalue weighted by Crippen LogP contribution is -2.35. The van der Waals surface area contributed by atoms with E-state index < -0.39 is 11.9 Å². The van der Waals surface area contributed by atoms with Gasteiger partial charge in [-0.2, -0.15) is 0 Å². The second-order valence-corrected chi connectivity index (χ2v) is 5.34. The van der Waals surface area contributed by atoms with E-state index in [1.807, 2.05) is 38.1 Å². The summed E-state index contributed by atoms with van der Waals surface area (Å²) in [6.45, 7) is 4.76. The molecular formula is C17H24O5. The number of hydrogen-bond acceptors (Lipinski definition) is 5. The first-order chi connectivity index (χ1) is 10.7. The largest absolute Gasteiger partial charge is 0.497 e. The monoisotopic (exact) mass is 308 g/mol. The highest BCUT2D eigenvalue weighted by Gasteiger charge is 2.42. The normalized spacial score (nSPS) is 21.5. The van der Waals surface area contributed by atoms with Gasteiger partial charge in [0.1, 0.15) is 18.0 Å². The third-order valence-electron chi connectivity index (χ3n) is 4.06. The summed E-state index contributed by atoms with van der Waals surface area (Å²) in [5.41, 5.74) is 0.976. The zero-order valence-corrected chi connectivity index (χ0v) is 13.4. The van der Waals surface area contributed by atoms with Gasteiger partial charge < -0.3 is 23.7 Å². The maximum Gasteiger partial charge on any atom is 0.168 e. The van der Waals surface area contributed by atoms with Crippen LogP contribution in [0.2, 0.25) is 0 Å². The average Bonchev–Trinajstić information content (AvgIpc) is 3.01. The van der Waals surface area contributed by atoms with Crippen molar-refractivity contribution in [3.05, 3.63) is 29.8 Å². The van der Waals surface area contributed by atoms with E-state index in [1.165, 1.54) is 0 Å². The Hall–Kier alpha value is -1.43. The van der Waals surface area contributed by atoms with Gasteiger partial charge in [-0.1, -0.05) is 26.0 Å². The molecule has 122 valence electrons. The molecule has 2 atom stereocenters. The van der Waals surface area contributed by atoms with E-state index in [9.17, 15) is 4.79 Å². The number of carbonyl (C=O) groups is 1. The van der Waals surface area contributed by atoms with Gasteiger partial charge in [-0.15, -0.1) is 0 Å². The van der Waals surface area contributed by atoms with Crippen molar-refractivity contribution >= 4 is 6.29 Å². The van der Waals surface area contributed by atoms with Crippen molar-refractivity contribution in [2.75, 3.05) is 13.7 Å². The van der Waals surface area contributed by atoms with Gasteiger partial charge in [0.05, 0.1) is 20.3 Å². The van der Waals surface area contributed by atoms with Gasteiger partial charge in [-0.3, -0.25) is 0 Å². The number of aldehydes is 1. The second kappa shape index (κ2) is 7.72. The fourth-order valence-corrected chi connectivity index (χ4v) is 2.51. The molecule has 5 heteroatoms. The Morgan fingerprint density at radius 1 is 1.32 bits per heavy atom. The van der Waals surface area contributed by atoms with Crippen molar-refractivity contribution in [1.82, 2.24) is 0 Å². The molecule has 0 N–H and O–H groups in total. The third-order valence-corrected chi connectivity index (χ3v) is 4.06. The molecule has 1 aromatic rings. The Morgan fingerprint density at radius 3 is 2.50 bits per heavy atom. The first-order valence-corrected chi connectivity index (χ1v) is 7.68. The number of methoxy groups -OCH3 is 1. The van der Waals surface area contributed by atoms with Crippen LogP contribution in [0.5, 0.6) is 5.75 Å². The van der Waals surface area contributed by atoms with Crippen molar-refractivity contribution in [3.8, 4) is 5.75 Å². The molecule has 0 spiro atoms. The zero-order chi connectivity index (χ0) is 16.0. The predicted octanol–water partition coefficient (Wildman–Crippen LogP) is 2.71. The van der Waals surface area contributed by atoms with Crippen molar-refractivity contribution in [3.63, 3.8) is 0 Å². The minimum absolute atomic E-state index is 0.346. The van der Waals surface area contributed by atoms with Crippen molar-refractivity contribution in [2.45, 2.75) is 51.3 Å². The molecule has 5 nitrogen and oxygen atoms in total. The second-order valence-electron chi connectivity index (χ2n) is 5.34. The number of benzene rings is 1. The fourth-order valence-electron chi connectivity index (χ4n) is 2.51. The van der Waals surface area contributed by atoms with Crippen LogP contribution in [0.4, 0.5) is 0 Å². The van der Waals surface area contributed by atoms with Gasteiger partial charge in [0.2, 0.25) is 0 Å². The van der Waals surface area contributed by atoms with Gasteiger partial charge in [0, 0.05) is 0 Å². The Bertz CT molecular complexity index is 466. The first kappa shape index (κ1) is 16.9. The van der Waals surface area contributed by atoms with Crippen LogP contribution in [0.1, 0.15) is 32.3 Å². The van der Waals surface area contributed by atoms with Crippen molar-refractivity contribution < 1.29 is 23.7 Å². The summed E-state index contributed by atoms with van der Waals surface area (Å²) in [5.74, 6) is 0.217. The summed E-state index contributed by atoms with van der Waals surface area (Å²) in [7, 11) is 1.62. The van der Waals surface area contributed by atoms with Gasteiger partial charge in [0.25, 0.3) is 0 Å². The van der Waals surface area contributed by atoms with Gasteiger partial charge in [-0.05, 0) is 30.5 Å². The maximum absolute atomic E-state index is 11.3. The van der Waals surface area contributed by atoms with Gasteiger partial charge in [-0.25, -0.2) is 0 Å². The summed E-state index contributed by atoms with van der Waals surface area (Å²) in [6, 6.07) is 7.55. The van der Waals surface area contributed by atoms with E-state index in [-0.39, 0.29) is 6.10 Å². The van der Waals surface area contributed by atoms with Crippen molar-refractivity contribution in [2.24, 2.45) is 0 Å². The average molecular weight is 308 g/mol. The van der Waals surface area contributed by atoms with Crippen LogP contribution in [0.15, 0.2) is 24.3 Å². The van der Waals surface area contributed by atoms with Crippen LogP contribution >= 0.6 is 0 Å². The van der Waals surface area contributed by atoms with Crippen LogP contribution in [0, 0.1) is 0 Å². The summed E-state index contributed by atoms with van der Waals surface area (Å²) in [5, 5.41) is 0. The summed E-state index contributed by atoms with van der Waals surface area (Å²) >= 11 is 0. The molecule has 2 rings (SSSR count). The molecule has 1 fully saturated rings. The van der Waals surface area contributed by atoms with Crippen molar-refractivity contribution in [1.29, 1.82) is 0 Å². The number of hydrogen-bond donors (Lipinski definition) is 0. The molecule has 0 bridgehead atoms. The van der Waals surface area contributed by atoms with E-state index in [2.05, 4.69) is 0 Å². The molecule has 0 aliphatic carbocycles. The number of ether oxygens (including phenoxy) is 4. The maximum atomic E-state index is 11.3. The van der Waals surface area contributed by atoms with E-state index in [0.717, 1.165) is 30.4 Å². The molecule has 1 saturated heterocycles. The summed E-state index contributed by atoms with van der Waals surface area (Å²) in [4.78, 5) is 11.3. The van der Waals surface area contributed by atoms with Crippen LogP contribution in [-0.2, 0) is 25.6 Å². The molecule has 0 radical (unpaired) electrons. The van der Waals surface area contributed by atoms with Crippen LogP contribution in [0.25, 0.3) is 0 Å². The topological polar surface area (TPSA) is 54.0 Å². The molecule has 1 aliphatic heterocycles. The molecule has 1 heterocycles. The molecule has 1 aliphatic rings. The molecule has 1 aromatic carbocycles. The lowest BCUT2D eigenvalue weighted by Gasteiger charge is -2.26. The Labute approximate surface area is 131 Å². The highest BCUT2D eigenvalue weighted by molar-refractivity contribution is 5.57. The van der Waals surface area contributed by atoms with Crippen LogP contribution < -0.4 is 4.74 Å². The molecule has 0 unspecified atom stereocenters. The standard InChI is InChI=1S/C17H24O5/c1-4-17(5-2)21-12-16(22-17)15(10-18)20-11-13-6-8-14(19-3)9-7-13/h6-10,15-16H,4-5,11-12H2,1-3H3/t15-,16-/m1/s1. The molecule has 0 amide bonds. The Kier molecular flexibility index (Phi) is 5.94. The summed E-state index contributed by atoms with van der Waals surface area (Å²) < 4.78 is 22.5. The van der Waals surface area contributed by atoms with Gasteiger partial charge in [0.15, 0.2) is 12.1 Å². The predicted molar refractivity (Wildman–Crippen MR) is 81.8 cm³/mol. The van der Waals surface area contributed by atoms with Crippen LogP contribution in [0.3, 0.4) is 0 Å². The van der Waals surface area contributed by atoms with Crippen LogP contribution in [-0.4, -0.2) is 38.0 Å². The van der Waals surface area contributed by atoms with Gasteiger partial charge >= 0.3 is 0 Å². The lowest BCUT2D eigenvalue weighted by molar-refractivity contribution is -0.185. The van der Waals surface area contributed by atoms with E-state index in [0.29, 0.717) is 13.2 Å².